The Labute approximate surface area is 63.4 Å². The summed E-state index contributed by atoms with van der Waals surface area (Å²) in [4.78, 5) is 2.12. The van der Waals surface area contributed by atoms with E-state index in [1.54, 1.807) is 0 Å². The van der Waals surface area contributed by atoms with Gasteiger partial charge in [0.25, 0.3) is 0 Å². The first-order valence-electron chi connectivity index (χ1n) is 2.76. The van der Waals surface area contributed by atoms with Crippen LogP contribution in [0.2, 0.25) is 0 Å². The zero-order chi connectivity index (χ0) is 6.57. The molecule has 8 heavy (non-hydrogen) atoms. The first-order valence-corrected chi connectivity index (χ1v) is 3.93. The van der Waals surface area contributed by atoms with Gasteiger partial charge in [-0.15, -0.1) is 0 Å². The topological polar surface area (TPSA) is 29.3 Å². The van der Waals surface area contributed by atoms with Crippen LogP contribution in [0.5, 0.6) is 0 Å². The second-order valence-electron chi connectivity index (χ2n) is 1.51. The second kappa shape index (κ2) is 4.17. The van der Waals surface area contributed by atoms with E-state index in [2.05, 4.69) is 18.7 Å². The van der Waals surface area contributed by atoms with Crippen molar-refractivity contribution < 1.29 is 0 Å². The Balaban J connectivity index is 3.52. The quantitative estimate of drug-likeness (QED) is 0.662. The Morgan fingerprint density at radius 1 is 1.50 bits per heavy atom. The molecule has 0 aliphatic heterocycles. The molecule has 0 heterocycles. The van der Waals surface area contributed by atoms with E-state index < -0.39 is 0 Å². The minimum atomic E-state index is 0.922. The van der Waals surface area contributed by atoms with E-state index in [1.165, 1.54) is 0 Å². The molecule has 0 atom stereocenters. The van der Waals surface area contributed by atoms with Gasteiger partial charge < -0.3 is 0 Å². The van der Waals surface area contributed by atoms with E-state index in [0.717, 1.165) is 16.9 Å². The molecule has 0 aromatic carbocycles. The van der Waals surface area contributed by atoms with Gasteiger partial charge in [-0.25, -0.2) is 0 Å². The maximum atomic E-state index is 5.50. The second-order valence-corrected chi connectivity index (χ2v) is 2.70. The van der Waals surface area contributed by atoms with Crippen molar-refractivity contribution in [1.29, 1.82) is 0 Å². The maximum absolute atomic E-state index is 5.50. The SMILES string of the molecule is CCN(CC)C(N)=[Te]. The Morgan fingerprint density at radius 2 is 1.88 bits per heavy atom. The van der Waals surface area contributed by atoms with Crippen LogP contribution in [0.4, 0.5) is 0 Å². The van der Waals surface area contributed by atoms with Gasteiger partial charge in [-0.2, -0.15) is 0 Å². The summed E-state index contributed by atoms with van der Waals surface area (Å²) in [5.41, 5.74) is 5.50. The molecule has 0 spiro atoms. The van der Waals surface area contributed by atoms with Crippen molar-refractivity contribution in [2.45, 2.75) is 13.8 Å². The molecule has 0 saturated carbocycles. The van der Waals surface area contributed by atoms with Gasteiger partial charge in [0, 0.05) is 0 Å². The van der Waals surface area contributed by atoms with Crippen LogP contribution in [0.3, 0.4) is 0 Å². The zero-order valence-corrected chi connectivity index (χ0v) is 7.68. The molecule has 2 nitrogen and oxygen atoms in total. The Morgan fingerprint density at radius 3 is 1.88 bits per heavy atom. The number of nitrogens with zero attached hydrogens (tertiary/aromatic N) is 1. The standard InChI is InChI=1S/C5H12N2Te/c1-3-7(4-2)5(6)8/h3-4H2,1-2H3,(H2,6,8). The van der Waals surface area contributed by atoms with Gasteiger partial charge in [-0.3, -0.25) is 0 Å². The Hall–Kier alpha value is 0.260. The van der Waals surface area contributed by atoms with Gasteiger partial charge in [0.2, 0.25) is 0 Å². The first-order chi connectivity index (χ1) is 3.72. The van der Waals surface area contributed by atoms with Crippen molar-refractivity contribution in [2.75, 3.05) is 13.1 Å². The molecule has 0 saturated heterocycles. The zero-order valence-electron chi connectivity index (χ0n) is 5.35. The van der Waals surface area contributed by atoms with E-state index >= 15 is 0 Å². The van der Waals surface area contributed by atoms with Gasteiger partial charge in [-0.05, 0) is 0 Å². The average Bonchev–Trinajstić information content (AvgIpc) is 1.69. The minimum absolute atomic E-state index is 0.922. The monoisotopic (exact) mass is 230 g/mol. The summed E-state index contributed by atoms with van der Waals surface area (Å²) in [6.07, 6.45) is 0. The van der Waals surface area contributed by atoms with Crippen molar-refractivity contribution in [3.63, 3.8) is 0 Å². The fraction of sp³-hybridized carbons (Fsp3) is 0.800. The Bertz CT molecular complexity index is 78.5. The number of rotatable bonds is 3. The molecule has 0 aliphatic carbocycles. The van der Waals surface area contributed by atoms with Crippen molar-refractivity contribution in [3.8, 4) is 0 Å². The molecular weight excluding hydrogens is 216 g/mol. The van der Waals surface area contributed by atoms with Crippen LogP contribution in [0.1, 0.15) is 13.8 Å². The third kappa shape index (κ3) is 2.54. The van der Waals surface area contributed by atoms with Crippen LogP contribution in [-0.4, -0.2) is 43.6 Å². The molecule has 48 valence electrons. The van der Waals surface area contributed by atoms with Crippen LogP contribution >= 0.6 is 0 Å². The molecule has 0 bridgehead atoms. The fourth-order valence-electron chi connectivity index (χ4n) is 0.535. The first kappa shape index (κ1) is 8.26. The molecule has 0 unspecified atom stereocenters. The molecule has 0 aromatic heterocycles. The van der Waals surface area contributed by atoms with Gasteiger partial charge in [0.1, 0.15) is 0 Å². The molecular formula is C5H12N2Te. The van der Waals surface area contributed by atoms with Gasteiger partial charge in [-0.1, -0.05) is 0 Å². The van der Waals surface area contributed by atoms with E-state index in [4.69, 9.17) is 5.73 Å². The van der Waals surface area contributed by atoms with Gasteiger partial charge in [0.05, 0.1) is 0 Å². The molecule has 0 radical (unpaired) electrons. The van der Waals surface area contributed by atoms with Gasteiger partial charge >= 0.3 is 63.2 Å². The number of hydrogen-bond donors (Lipinski definition) is 1. The Kier molecular flexibility index (Phi) is 4.30. The normalized spacial score (nSPS) is 8.75. The number of nitrogens with two attached hydrogens (primary N) is 1. The van der Waals surface area contributed by atoms with Crippen molar-refractivity contribution >= 4 is 25.6 Å². The van der Waals surface area contributed by atoms with E-state index in [-0.39, 0.29) is 0 Å². The van der Waals surface area contributed by atoms with E-state index in [9.17, 15) is 0 Å². The summed E-state index contributed by atoms with van der Waals surface area (Å²) < 4.78 is 0.922. The summed E-state index contributed by atoms with van der Waals surface area (Å²) in [5.74, 6) is 0. The van der Waals surface area contributed by atoms with E-state index in [0.29, 0.717) is 0 Å². The van der Waals surface area contributed by atoms with Crippen LogP contribution in [0, 0.1) is 0 Å². The number of hydrogen-bond acceptors (Lipinski definition) is 2. The molecule has 0 fully saturated rings. The fourth-order valence-corrected chi connectivity index (χ4v) is 1.27. The molecule has 0 aliphatic rings. The van der Waals surface area contributed by atoms with Crippen molar-refractivity contribution in [2.24, 2.45) is 5.73 Å². The van der Waals surface area contributed by atoms with E-state index in [1.807, 2.05) is 21.8 Å². The van der Waals surface area contributed by atoms with Crippen LogP contribution < -0.4 is 5.73 Å². The molecule has 0 aromatic rings. The summed E-state index contributed by atoms with van der Waals surface area (Å²) in [6, 6.07) is 0. The van der Waals surface area contributed by atoms with Gasteiger partial charge in [0.15, 0.2) is 0 Å². The summed E-state index contributed by atoms with van der Waals surface area (Å²) >= 11 is 1.86. The average molecular weight is 228 g/mol. The summed E-state index contributed by atoms with van der Waals surface area (Å²) in [6.45, 7) is 6.23. The molecule has 0 rings (SSSR count). The molecule has 2 N–H and O–H groups in total. The predicted octanol–water partition coefficient (Wildman–Crippen LogP) is -0.457. The third-order valence-electron chi connectivity index (χ3n) is 1.08. The van der Waals surface area contributed by atoms with Crippen LogP contribution in [0.15, 0.2) is 0 Å². The van der Waals surface area contributed by atoms with Crippen LogP contribution in [0.25, 0.3) is 0 Å². The van der Waals surface area contributed by atoms with Crippen molar-refractivity contribution in [3.05, 3.63) is 0 Å². The third-order valence-corrected chi connectivity index (χ3v) is 1.81. The summed E-state index contributed by atoms with van der Waals surface area (Å²) in [7, 11) is 0. The van der Waals surface area contributed by atoms with Crippen molar-refractivity contribution in [1.82, 2.24) is 4.90 Å². The predicted molar refractivity (Wildman–Crippen MR) is 37.9 cm³/mol. The molecule has 3 heteroatoms. The summed E-state index contributed by atoms with van der Waals surface area (Å²) in [5, 5.41) is 0. The van der Waals surface area contributed by atoms with Crippen LogP contribution in [-0.2, 0) is 0 Å². The molecule has 0 amide bonds.